The normalized spacial score (nSPS) is 23.3. The molecule has 1 unspecified atom stereocenters. The van der Waals surface area contributed by atoms with E-state index < -0.39 is 10.5 Å². The van der Waals surface area contributed by atoms with E-state index in [2.05, 4.69) is 5.32 Å². The monoisotopic (exact) mass is 377 g/mol. The molecule has 3 rings (SSSR count). The van der Waals surface area contributed by atoms with Crippen molar-refractivity contribution in [3.63, 3.8) is 0 Å². The summed E-state index contributed by atoms with van der Waals surface area (Å²) in [5, 5.41) is 14.3. The number of carbonyl (C=O) groups is 1. The first-order valence-corrected chi connectivity index (χ1v) is 9.27. The van der Waals surface area contributed by atoms with Gasteiger partial charge in [-0.1, -0.05) is 20.8 Å². The van der Waals surface area contributed by atoms with Crippen LogP contribution in [0.3, 0.4) is 0 Å². The highest BCUT2D eigenvalue weighted by Gasteiger charge is 2.40. The summed E-state index contributed by atoms with van der Waals surface area (Å²) in [5.74, 6) is 0. The third-order valence-corrected chi connectivity index (χ3v) is 5.08. The molecule has 0 saturated carbocycles. The van der Waals surface area contributed by atoms with Crippen molar-refractivity contribution in [2.75, 3.05) is 38.2 Å². The Morgan fingerprint density at radius 1 is 1.33 bits per heavy atom. The van der Waals surface area contributed by atoms with Crippen LogP contribution in [0.15, 0.2) is 18.2 Å². The Kier molecular flexibility index (Phi) is 5.39. The van der Waals surface area contributed by atoms with E-state index in [0.29, 0.717) is 37.6 Å². The van der Waals surface area contributed by atoms with E-state index in [1.165, 1.54) is 6.07 Å². The van der Waals surface area contributed by atoms with Crippen LogP contribution in [0.2, 0.25) is 0 Å². The molecule has 2 aliphatic rings. The number of nitrogens with zero attached hydrogens (tertiary/aromatic N) is 2. The Bertz CT molecular complexity index is 717. The summed E-state index contributed by atoms with van der Waals surface area (Å²) in [6.07, 6.45) is 1.78. The van der Waals surface area contributed by atoms with Crippen molar-refractivity contribution in [2.24, 2.45) is 0 Å². The number of anilines is 1. The molecule has 0 radical (unpaired) electrons. The van der Waals surface area contributed by atoms with Gasteiger partial charge in [0.2, 0.25) is 0 Å². The molecule has 27 heavy (non-hydrogen) atoms. The zero-order valence-electron chi connectivity index (χ0n) is 16.1. The Morgan fingerprint density at radius 3 is 2.74 bits per heavy atom. The van der Waals surface area contributed by atoms with Gasteiger partial charge in [-0.05, 0) is 30.4 Å². The average molecular weight is 377 g/mol. The van der Waals surface area contributed by atoms with E-state index in [4.69, 9.17) is 9.47 Å². The van der Waals surface area contributed by atoms with Crippen molar-refractivity contribution in [3.05, 3.63) is 33.9 Å². The number of ether oxygens (including phenoxy) is 2. The molecule has 1 N–H and O–H groups in total. The lowest BCUT2D eigenvalue weighted by Gasteiger charge is -2.44. The fourth-order valence-electron chi connectivity index (χ4n) is 3.68. The summed E-state index contributed by atoms with van der Waals surface area (Å²) in [4.78, 5) is 25.5. The van der Waals surface area contributed by atoms with Crippen LogP contribution in [0.25, 0.3) is 0 Å². The van der Waals surface area contributed by atoms with Crippen LogP contribution in [-0.4, -0.2) is 54.4 Å². The zero-order valence-corrected chi connectivity index (χ0v) is 16.1. The van der Waals surface area contributed by atoms with Crippen LogP contribution in [0.5, 0.6) is 0 Å². The molecule has 2 heterocycles. The highest BCUT2D eigenvalue weighted by Crippen LogP contribution is 2.33. The smallest absolute Gasteiger partial charge is 0.322 e. The minimum Gasteiger partial charge on any atom is -0.378 e. The molecular weight excluding hydrogens is 350 g/mol. The Hall–Kier alpha value is -2.19. The molecule has 8 heteroatoms. The lowest BCUT2D eigenvalue weighted by atomic mass is 9.85. The number of nitro benzene ring substituents is 1. The van der Waals surface area contributed by atoms with E-state index >= 15 is 0 Å². The predicted molar refractivity (Wildman–Crippen MR) is 101 cm³/mol. The maximum absolute atomic E-state index is 12.7. The van der Waals surface area contributed by atoms with E-state index in [1.54, 1.807) is 17.0 Å². The number of nitrogens with one attached hydrogen (secondary N) is 1. The maximum atomic E-state index is 12.7. The third-order valence-electron chi connectivity index (χ3n) is 5.08. The number of nitro groups is 1. The second-order valence-electron chi connectivity index (χ2n) is 8.28. The molecule has 2 aliphatic heterocycles. The second-order valence-corrected chi connectivity index (χ2v) is 8.28. The van der Waals surface area contributed by atoms with Crippen molar-refractivity contribution in [1.82, 2.24) is 4.90 Å². The lowest BCUT2D eigenvalue weighted by molar-refractivity contribution is -0.385. The molecule has 2 saturated heterocycles. The van der Waals surface area contributed by atoms with Gasteiger partial charge in [-0.3, -0.25) is 10.1 Å². The fourth-order valence-corrected chi connectivity index (χ4v) is 3.68. The molecule has 0 aliphatic carbocycles. The zero-order chi connectivity index (χ0) is 19.7. The quantitative estimate of drug-likeness (QED) is 0.630. The molecule has 0 aromatic heterocycles. The Morgan fingerprint density at radius 2 is 2.11 bits per heavy atom. The number of amides is 2. The molecule has 1 aromatic carbocycles. The van der Waals surface area contributed by atoms with E-state index in [0.717, 1.165) is 19.4 Å². The molecule has 0 bridgehead atoms. The number of hydrogen-bond acceptors (Lipinski definition) is 5. The number of urea groups is 1. The summed E-state index contributed by atoms with van der Waals surface area (Å²) in [5.41, 5.74) is 0.271. The molecule has 1 spiro atoms. The first-order valence-electron chi connectivity index (χ1n) is 9.27. The van der Waals surface area contributed by atoms with Crippen molar-refractivity contribution in [2.45, 2.75) is 44.6 Å². The van der Waals surface area contributed by atoms with E-state index in [9.17, 15) is 14.9 Å². The summed E-state index contributed by atoms with van der Waals surface area (Å²) >= 11 is 0. The number of hydrogen-bond donors (Lipinski definition) is 1. The Balaban J connectivity index is 1.74. The van der Waals surface area contributed by atoms with Crippen LogP contribution < -0.4 is 5.32 Å². The van der Waals surface area contributed by atoms with Gasteiger partial charge in [0.25, 0.3) is 5.69 Å². The van der Waals surface area contributed by atoms with Gasteiger partial charge >= 0.3 is 6.03 Å². The first kappa shape index (κ1) is 19.6. The molecule has 1 aromatic rings. The van der Waals surface area contributed by atoms with Gasteiger partial charge in [0.05, 0.1) is 24.7 Å². The van der Waals surface area contributed by atoms with Crippen molar-refractivity contribution in [1.29, 1.82) is 0 Å². The van der Waals surface area contributed by atoms with Crippen molar-refractivity contribution < 1.29 is 19.2 Å². The topological polar surface area (TPSA) is 93.9 Å². The van der Waals surface area contributed by atoms with Crippen LogP contribution in [0.1, 0.15) is 39.2 Å². The second kappa shape index (κ2) is 7.44. The van der Waals surface area contributed by atoms with Gasteiger partial charge < -0.3 is 19.7 Å². The van der Waals surface area contributed by atoms with Gasteiger partial charge in [-0.15, -0.1) is 0 Å². The molecule has 2 fully saturated rings. The van der Waals surface area contributed by atoms with Gasteiger partial charge in [0, 0.05) is 30.5 Å². The standard InChI is InChI=1S/C19H27N3O5/c1-18(2,3)15-6-5-14(11-16(15)22(24)25)20-17(23)21-8-10-27-19(12-21)7-4-9-26-13-19/h5-6,11H,4,7-10,12-13H2,1-3H3,(H,20,23). The molecule has 1 atom stereocenters. The highest BCUT2D eigenvalue weighted by atomic mass is 16.6. The minimum absolute atomic E-state index is 0.0134. The predicted octanol–water partition coefficient (Wildman–Crippen LogP) is 3.31. The number of rotatable bonds is 2. The number of morpholine rings is 1. The summed E-state index contributed by atoms with van der Waals surface area (Å²) in [6.45, 7) is 8.38. The Labute approximate surface area is 159 Å². The summed E-state index contributed by atoms with van der Waals surface area (Å²) < 4.78 is 11.4. The average Bonchev–Trinajstić information content (AvgIpc) is 2.61. The highest BCUT2D eigenvalue weighted by molar-refractivity contribution is 5.90. The lowest BCUT2D eigenvalue weighted by Crippen LogP contribution is -2.58. The summed E-state index contributed by atoms with van der Waals surface area (Å²) in [7, 11) is 0. The van der Waals surface area contributed by atoms with E-state index in [1.807, 2.05) is 20.8 Å². The molecule has 8 nitrogen and oxygen atoms in total. The molecule has 2 amide bonds. The van der Waals surface area contributed by atoms with Crippen molar-refractivity contribution in [3.8, 4) is 0 Å². The van der Waals surface area contributed by atoms with Gasteiger partial charge in [0.15, 0.2) is 0 Å². The largest absolute Gasteiger partial charge is 0.378 e. The SMILES string of the molecule is CC(C)(C)c1ccc(NC(=O)N2CCOC3(CCCOC3)C2)cc1[N+](=O)[O-]. The van der Waals surface area contributed by atoms with Crippen LogP contribution in [-0.2, 0) is 14.9 Å². The van der Waals surface area contributed by atoms with Crippen LogP contribution in [0, 0.1) is 10.1 Å². The molecule has 148 valence electrons. The van der Waals surface area contributed by atoms with Gasteiger partial charge in [-0.2, -0.15) is 0 Å². The maximum Gasteiger partial charge on any atom is 0.322 e. The van der Waals surface area contributed by atoms with Crippen LogP contribution >= 0.6 is 0 Å². The first-order chi connectivity index (χ1) is 12.7. The van der Waals surface area contributed by atoms with Gasteiger partial charge in [-0.25, -0.2) is 4.79 Å². The van der Waals surface area contributed by atoms with Crippen molar-refractivity contribution >= 4 is 17.4 Å². The minimum atomic E-state index is -0.435. The molecular formula is C19H27N3O5. The fraction of sp³-hybridized carbons (Fsp3) is 0.632. The van der Waals surface area contributed by atoms with E-state index in [-0.39, 0.29) is 17.1 Å². The van der Waals surface area contributed by atoms with Gasteiger partial charge in [0.1, 0.15) is 5.60 Å². The summed E-state index contributed by atoms with van der Waals surface area (Å²) in [6, 6.07) is 4.58. The number of carbonyl (C=O) groups excluding carboxylic acids is 1. The number of benzene rings is 1. The van der Waals surface area contributed by atoms with Crippen LogP contribution in [0.4, 0.5) is 16.2 Å². The third kappa shape index (κ3) is 4.39.